The molecule has 0 saturated carbocycles. The molecular formula is C9H9BrN2S2. The molecule has 0 fully saturated rings. The van der Waals surface area contributed by atoms with Crippen LogP contribution in [0.1, 0.15) is 4.88 Å². The second kappa shape index (κ2) is 4.42. The summed E-state index contributed by atoms with van der Waals surface area (Å²) in [4.78, 5) is 7.87. The Labute approximate surface area is 99.3 Å². The summed E-state index contributed by atoms with van der Waals surface area (Å²) in [6, 6.07) is 4.22. The Morgan fingerprint density at radius 2 is 2.36 bits per heavy atom. The highest BCUT2D eigenvalue weighted by atomic mass is 79.9. The van der Waals surface area contributed by atoms with E-state index in [-0.39, 0.29) is 0 Å². The van der Waals surface area contributed by atoms with Crippen LogP contribution in [0.2, 0.25) is 0 Å². The standard InChI is InChI=1S/C9H9BrN2S2/c1-12(5-7-3-2-4-13-7)9-11-8(10)6-14-9/h2-4,6H,5H2,1H3. The molecule has 0 N–H and O–H groups in total. The number of hydrogen-bond donors (Lipinski definition) is 0. The van der Waals surface area contributed by atoms with Crippen molar-refractivity contribution in [2.75, 3.05) is 11.9 Å². The molecule has 5 heteroatoms. The van der Waals surface area contributed by atoms with Crippen molar-refractivity contribution in [3.05, 3.63) is 32.4 Å². The highest BCUT2D eigenvalue weighted by Crippen LogP contribution is 2.24. The van der Waals surface area contributed by atoms with Crippen LogP contribution in [0.4, 0.5) is 5.13 Å². The first-order valence-electron chi connectivity index (χ1n) is 4.10. The molecule has 0 spiro atoms. The van der Waals surface area contributed by atoms with Gasteiger partial charge in [0.15, 0.2) is 5.13 Å². The molecule has 74 valence electrons. The number of rotatable bonds is 3. The maximum atomic E-state index is 4.36. The normalized spacial score (nSPS) is 10.4. The molecule has 0 aromatic carbocycles. The van der Waals surface area contributed by atoms with Crippen molar-refractivity contribution in [2.45, 2.75) is 6.54 Å². The van der Waals surface area contributed by atoms with E-state index in [1.807, 2.05) is 5.38 Å². The highest BCUT2D eigenvalue weighted by Gasteiger charge is 2.06. The summed E-state index contributed by atoms with van der Waals surface area (Å²) in [5, 5.41) is 5.14. The molecule has 0 radical (unpaired) electrons. The summed E-state index contributed by atoms with van der Waals surface area (Å²) in [6.07, 6.45) is 0. The van der Waals surface area contributed by atoms with Crippen LogP contribution in [0.5, 0.6) is 0 Å². The molecule has 2 nitrogen and oxygen atoms in total. The molecule has 0 amide bonds. The second-order valence-corrected chi connectivity index (χ2v) is 5.57. The van der Waals surface area contributed by atoms with Crippen molar-refractivity contribution in [3.63, 3.8) is 0 Å². The van der Waals surface area contributed by atoms with E-state index in [1.54, 1.807) is 22.7 Å². The van der Waals surface area contributed by atoms with Gasteiger partial charge < -0.3 is 4.90 Å². The third kappa shape index (κ3) is 2.34. The number of thiazole rings is 1. The van der Waals surface area contributed by atoms with Crippen molar-refractivity contribution >= 4 is 43.7 Å². The molecule has 2 aromatic heterocycles. The molecule has 0 unspecified atom stereocenters. The van der Waals surface area contributed by atoms with Crippen molar-refractivity contribution in [2.24, 2.45) is 0 Å². The lowest BCUT2D eigenvalue weighted by Gasteiger charge is -2.13. The van der Waals surface area contributed by atoms with Crippen molar-refractivity contribution < 1.29 is 0 Å². The molecular weight excluding hydrogens is 280 g/mol. The van der Waals surface area contributed by atoms with Crippen molar-refractivity contribution in [1.82, 2.24) is 4.98 Å². The minimum Gasteiger partial charge on any atom is -0.346 e. The van der Waals surface area contributed by atoms with Crippen LogP contribution >= 0.6 is 38.6 Å². The van der Waals surface area contributed by atoms with Gasteiger partial charge in [0.2, 0.25) is 0 Å². The van der Waals surface area contributed by atoms with Crippen LogP contribution in [0.15, 0.2) is 27.5 Å². The predicted molar refractivity (Wildman–Crippen MR) is 66.2 cm³/mol. The third-order valence-electron chi connectivity index (χ3n) is 1.76. The molecule has 0 bridgehead atoms. The number of nitrogens with zero attached hydrogens (tertiary/aromatic N) is 2. The molecule has 0 aliphatic rings. The Balaban J connectivity index is 2.06. The Morgan fingerprint density at radius 1 is 1.50 bits per heavy atom. The van der Waals surface area contributed by atoms with Gasteiger partial charge in [0, 0.05) is 17.3 Å². The highest BCUT2D eigenvalue weighted by molar-refractivity contribution is 9.10. The van der Waals surface area contributed by atoms with Gasteiger partial charge in [0.05, 0.1) is 6.54 Å². The molecule has 2 aromatic rings. The molecule has 0 saturated heterocycles. The van der Waals surface area contributed by atoms with Gasteiger partial charge in [-0.3, -0.25) is 0 Å². The Bertz CT molecular complexity index is 397. The van der Waals surface area contributed by atoms with Crippen LogP contribution in [-0.2, 0) is 6.54 Å². The van der Waals surface area contributed by atoms with Gasteiger partial charge in [-0.15, -0.1) is 22.7 Å². The summed E-state index contributed by atoms with van der Waals surface area (Å²) in [5.41, 5.74) is 0. The van der Waals surface area contributed by atoms with Crippen LogP contribution in [-0.4, -0.2) is 12.0 Å². The van der Waals surface area contributed by atoms with Crippen molar-refractivity contribution in [3.8, 4) is 0 Å². The van der Waals surface area contributed by atoms with Crippen LogP contribution in [0, 0.1) is 0 Å². The lowest BCUT2D eigenvalue weighted by molar-refractivity contribution is 0.929. The van der Waals surface area contributed by atoms with Gasteiger partial charge in [0.25, 0.3) is 0 Å². The van der Waals surface area contributed by atoms with Gasteiger partial charge in [0.1, 0.15) is 4.60 Å². The first-order chi connectivity index (χ1) is 6.75. The lowest BCUT2D eigenvalue weighted by atomic mass is 10.4. The van der Waals surface area contributed by atoms with Gasteiger partial charge in [-0.1, -0.05) is 6.07 Å². The number of anilines is 1. The molecule has 0 aliphatic carbocycles. The van der Waals surface area contributed by atoms with Crippen LogP contribution in [0.25, 0.3) is 0 Å². The van der Waals surface area contributed by atoms with Gasteiger partial charge >= 0.3 is 0 Å². The van der Waals surface area contributed by atoms with Gasteiger partial charge in [-0.2, -0.15) is 0 Å². The second-order valence-electron chi connectivity index (χ2n) is 2.89. The van der Waals surface area contributed by atoms with E-state index in [2.05, 4.69) is 50.4 Å². The maximum absolute atomic E-state index is 4.36. The minimum atomic E-state index is 0.913. The van der Waals surface area contributed by atoms with E-state index < -0.39 is 0 Å². The minimum absolute atomic E-state index is 0.913. The van der Waals surface area contributed by atoms with Gasteiger partial charge in [-0.25, -0.2) is 4.98 Å². The topological polar surface area (TPSA) is 16.1 Å². The summed E-state index contributed by atoms with van der Waals surface area (Å²) in [6.45, 7) is 0.928. The summed E-state index contributed by atoms with van der Waals surface area (Å²) >= 11 is 6.78. The molecule has 0 atom stereocenters. The van der Waals surface area contributed by atoms with Gasteiger partial charge in [-0.05, 0) is 27.4 Å². The molecule has 2 rings (SSSR count). The quantitative estimate of drug-likeness (QED) is 0.858. The smallest absolute Gasteiger partial charge is 0.186 e. The maximum Gasteiger partial charge on any atom is 0.186 e. The van der Waals surface area contributed by atoms with E-state index in [1.165, 1.54) is 4.88 Å². The van der Waals surface area contributed by atoms with E-state index in [9.17, 15) is 0 Å². The number of aromatic nitrogens is 1. The fourth-order valence-corrected chi connectivity index (χ4v) is 3.10. The Kier molecular flexibility index (Phi) is 3.20. The SMILES string of the molecule is CN(Cc1cccs1)c1nc(Br)cs1. The lowest BCUT2D eigenvalue weighted by Crippen LogP contribution is -2.14. The fourth-order valence-electron chi connectivity index (χ4n) is 1.12. The molecule has 14 heavy (non-hydrogen) atoms. The van der Waals surface area contributed by atoms with Crippen LogP contribution in [0.3, 0.4) is 0 Å². The van der Waals surface area contributed by atoms with E-state index in [4.69, 9.17) is 0 Å². The molecule has 2 heterocycles. The average Bonchev–Trinajstić information content (AvgIpc) is 2.75. The zero-order valence-electron chi connectivity index (χ0n) is 7.61. The van der Waals surface area contributed by atoms with E-state index in [0.717, 1.165) is 16.3 Å². The number of thiophene rings is 1. The number of hydrogen-bond acceptors (Lipinski definition) is 4. The van der Waals surface area contributed by atoms with E-state index >= 15 is 0 Å². The zero-order chi connectivity index (χ0) is 9.97. The molecule has 0 aliphatic heterocycles. The fraction of sp³-hybridized carbons (Fsp3) is 0.222. The Hall–Kier alpha value is -0.390. The summed E-state index contributed by atoms with van der Waals surface area (Å²) in [7, 11) is 2.06. The Morgan fingerprint density at radius 3 is 2.93 bits per heavy atom. The average molecular weight is 289 g/mol. The summed E-state index contributed by atoms with van der Waals surface area (Å²) in [5.74, 6) is 0. The van der Waals surface area contributed by atoms with Crippen molar-refractivity contribution in [1.29, 1.82) is 0 Å². The monoisotopic (exact) mass is 288 g/mol. The van der Waals surface area contributed by atoms with Crippen LogP contribution < -0.4 is 4.90 Å². The zero-order valence-corrected chi connectivity index (χ0v) is 10.8. The predicted octanol–water partition coefficient (Wildman–Crippen LogP) is 3.60. The first kappa shape index (κ1) is 10.1. The largest absolute Gasteiger partial charge is 0.346 e. The first-order valence-corrected chi connectivity index (χ1v) is 6.65. The number of halogens is 1. The summed E-state index contributed by atoms with van der Waals surface area (Å²) < 4.78 is 0.913. The third-order valence-corrected chi connectivity index (χ3v) is 4.29. The van der Waals surface area contributed by atoms with E-state index in [0.29, 0.717) is 0 Å².